The number of nitrogens with zero attached hydrogens (tertiary/aromatic N) is 1. The Morgan fingerprint density at radius 2 is 2.27 bits per heavy atom. The van der Waals surface area contributed by atoms with Crippen LogP contribution in [-0.4, -0.2) is 4.98 Å². The third-order valence-electron chi connectivity index (χ3n) is 1.76. The number of hydrogen-bond acceptors (Lipinski definition) is 3. The molecule has 56 valence electrons. The molecule has 2 N–H and O–H groups in total. The maximum atomic E-state index is 5.81. The van der Waals surface area contributed by atoms with Crippen LogP contribution in [0.1, 0.15) is 5.56 Å². The molecule has 0 bridgehead atoms. The average Bonchev–Trinajstić information content (AvgIpc) is 2.45. The second-order valence-corrected chi connectivity index (χ2v) is 3.38. The molecule has 2 rings (SSSR count). The number of aryl methyl sites for hydroxylation is 1. The van der Waals surface area contributed by atoms with Crippen molar-refractivity contribution in [2.45, 2.75) is 6.92 Å². The van der Waals surface area contributed by atoms with Crippen LogP contribution in [0.2, 0.25) is 0 Å². The van der Waals surface area contributed by atoms with Gasteiger partial charge in [-0.25, -0.2) is 4.98 Å². The number of rotatable bonds is 0. The molecule has 0 aliphatic carbocycles. The highest BCUT2D eigenvalue weighted by molar-refractivity contribution is 7.16. The van der Waals surface area contributed by atoms with Crippen molar-refractivity contribution in [1.29, 1.82) is 0 Å². The summed E-state index contributed by atoms with van der Waals surface area (Å²) in [5.74, 6) is 0. The van der Waals surface area contributed by atoms with E-state index in [-0.39, 0.29) is 0 Å². The zero-order valence-corrected chi connectivity index (χ0v) is 6.98. The highest BCUT2D eigenvalue weighted by Crippen LogP contribution is 2.25. The molecule has 0 saturated carbocycles. The van der Waals surface area contributed by atoms with Gasteiger partial charge in [-0.05, 0) is 18.6 Å². The van der Waals surface area contributed by atoms with Crippen LogP contribution in [0.25, 0.3) is 10.2 Å². The molecule has 1 aromatic heterocycles. The molecule has 1 heterocycles. The van der Waals surface area contributed by atoms with Gasteiger partial charge in [-0.15, -0.1) is 11.3 Å². The number of aromatic nitrogens is 1. The molecule has 0 amide bonds. The summed E-state index contributed by atoms with van der Waals surface area (Å²) in [5.41, 5.74) is 10.5. The minimum Gasteiger partial charge on any atom is -0.397 e. The van der Waals surface area contributed by atoms with Crippen LogP contribution < -0.4 is 5.73 Å². The minimum atomic E-state index is 0.809. The molecule has 0 saturated heterocycles. The Morgan fingerprint density at radius 3 is 3.09 bits per heavy atom. The highest BCUT2D eigenvalue weighted by Gasteiger charge is 2.01. The van der Waals surface area contributed by atoms with E-state index in [2.05, 4.69) is 11.1 Å². The summed E-state index contributed by atoms with van der Waals surface area (Å²) < 4.78 is 1.16. The smallest absolute Gasteiger partial charge is 0.104 e. The normalized spacial score (nSPS) is 10.6. The topological polar surface area (TPSA) is 38.9 Å². The van der Waals surface area contributed by atoms with Gasteiger partial charge in [-0.2, -0.15) is 0 Å². The van der Waals surface area contributed by atoms with Gasteiger partial charge in [0.2, 0.25) is 0 Å². The molecule has 0 aliphatic rings. The zero-order valence-electron chi connectivity index (χ0n) is 6.16. The standard InChI is InChI=1S/C8H8N2S/c1-5-2-3-6-8(7(5)9)10-4-11-6/h2-4H,9H2,1H3. The number of hydrogen-bond donors (Lipinski definition) is 1. The SMILES string of the molecule is Cc1ccc2scnc2c1N. The van der Waals surface area contributed by atoms with Crippen molar-refractivity contribution in [2.75, 3.05) is 5.73 Å². The minimum absolute atomic E-state index is 0.809. The molecule has 3 heteroatoms. The maximum absolute atomic E-state index is 5.81. The van der Waals surface area contributed by atoms with Gasteiger partial charge in [0.05, 0.1) is 15.9 Å². The van der Waals surface area contributed by atoms with Gasteiger partial charge >= 0.3 is 0 Å². The summed E-state index contributed by atoms with van der Waals surface area (Å²) in [6.45, 7) is 1.99. The Hall–Kier alpha value is -1.09. The second-order valence-electron chi connectivity index (χ2n) is 2.50. The van der Waals surface area contributed by atoms with Gasteiger partial charge in [0.15, 0.2) is 0 Å². The molecule has 2 nitrogen and oxygen atoms in total. The summed E-state index contributed by atoms with van der Waals surface area (Å²) in [6.07, 6.45) is 0. The van der Waals surface area contributed by atoms with E-state index in [0.29, 0.717) is 0 Å². The number of nitrogen functional groups attached to an aromatic ring is 1. The fourth-order valence-electron chi connectivity index (χ4n) is 1.05. The van der Waals surface area contributed by atoms with Crippen molar-refractivity contribution in [3.63, 3.8) is 0 Å². The zero-order chi connectivity index (χ0) is 7.84. The molecular weight excluding hydrogens is 156 g/mol. The predicted molar refractivity (Wildman–Crippen MR) is 48.8 cm³/mol. The second kappa shape index (κ2) is 2.20. The molecule has 0 aliphatic heterocycles. The quantitative estimate of drug-likeness (QED) is 0.606. The molecule has 0 radical (unpaired) electrons. The van der Waals surface area contributed by atoms with Crippen LogP contribution in [0.4, 0.5) is 5.69 Å². The number of anilines is 1. The van der Waals surface area contributed by atoms with Crippen molar-refractivity contribution in [2.24, 2.45) is 0 Å². The fourth-order valence-corrected chi connectivity index (χ4v) is 1.75. The monoisotopic (exact) mass is 164 g/mol. The summed E-state index contributed by atoms with van der Waals surface area (Å²) in [6, 6.07) is 4.08. The molecule has 1 aromatic carbocycles. The van der Waals surface area contributed by atoms with Crippen LogP contribution in [-0.2, 0) is 0 Å². The first-order chi connectivity index (χ1) is 5.29. The molecule has 0 atom stereocenters. The average molecular weight is 164 g/mol. The fraction of sp³-hybridized carbons (Fsp3) is 0.125. The first-order valence-electron chi connectivity index (χ1n) is 3.37. The number of benzene rings is 1. The largest absolute Gasteiger partial charge is 0.397 e. The van der Waals surface area contributed by atoms with E-state index in [9.17, 15) is 0 Å². The van der Waals surface area contributed by atoms with Crippen LogP contribution >= 0.6 is 11.3 Å². The first kappa shape index (κ1) is 6.61. The highest BCUT2D eigenvalue weighted by atomic mass is 32.1. The Bertz CT molecular complexity index is 392. The van der Waals surface area contributed by atoms with Crippen LogP contribution in [0, 0.1) is 6.92 Å². The molecule has 0 unspecified atom stereocenters. The van der Waals surface area contributed by atoms with E-state index in [4.69, 9.17) is 5.73 Å². The van der Waals surface area contributed by atoms with Crippen LogP contribution in [0.3, 0.4) is 0 Å². The van der Waals surface area contributed by atoms with Crippen LogP contribution in [0.5, 0.6) is 0 Å². The lowest BCUT2D eigenvalue weighted by atomic mass is 10.2. The lowest BCUT2D eigenvalue weighted by molar-refractivity contribution is 1.45. The van der Waals surface area contributed by atoms with Gasteiger partial charge in [-0.3, -0.25) is 0 Å². The Balaban J connectivity index is 2.93. The summed E-state index contributed by atoms with van der Waals surface area (Å²) in [4.78, 5) is 4.17. The van der Waals surface area contributed by atoms with E-state index in [1.807, 2.05) is 18.5 Å². The Kier molecular flexibility index (Phi) is 1.32. The van der Waals surface area contributed by atoms with Crippen molar-refractivity contribution in [3.8, 4) is 0 Å². The molecule has 11 heavy (non-hydrogen) atoms. The van der Waals surface area contributed by atoms with Crippen molar-refractivity contribution in [1.82, 2.24) is 4.98 Å². The predicted octanol–water partition coefficient (Wildman–Crippen LogP) is 2.19. The van der Waals surface area contributed by atoms with Gasteiger partial charge in [0.1, 0.15) is 5.52 Å². The van der Waals surface area contributed by atoms with E-state index >= 15 is 0 Å². The number of thiazole rings is 1. The van der Waals surface area contributed by atoms with Gasteiger partial charge < -0.3 is 5.73 Å². The molecule has 0 fully saturated rings. The number of fused-ring (bicyclic) bond motifs is 1. The summed E-state index contributed by atoms with van der Waals surface area (Å²) >= 11 is 1.62. The lowest BCUT2D eigenvalue weighted by Crippen LogP contribution is -1.89. The molecule has 2 aromatic rings. The third kappa shape index (κ3) is 0.886. The van der Waals surface area contributed by atoms with Crippen LogP contribution in [0.15, 0.2) is 17.6 Å². The van der Waals surface area contributed by atoms with Crippen molar-refractivity contribution < 1.29 is 0 Å². The van der Waals surface area contributed by atoms with E-state index in [0.717, 1.165) is 21.5 Å². The number of nitrogens with two attached hydrogens (primary N) is 1. The Morgan fingerprint density at radius 1 is 1.45 bits per heavy atom. The first-order valence-corrected chi connectivity index (χ1v) is 4.25. The van der Waals surface area contributed by atoms with Crippen molar-refractivity contribution >= 4 is 27.2 Å². The summed E-state index contributed by atoms with van der Waals surface area (Å²) in [7, 11) is 0. The molecular formula is C8H8N2S. The summed E-state index contributed by atoms with van der Waals surface area (Å²) in [5, 5.41) is 0. The maximum Gasteiger partial charge on any atom is 0.104 e. The van der Waals surface area contributed by atoms with Crippen molar-refractivity contribution in [3.05, 3.63) is 23.2 Å². The van der Waals surface area contributed by atoms with Gasteiger partial charge in [0.25, 0.3) is 0 Å². The molecule has 0 spiro atoms. The Labute approximate surface area is 68.7 Å². The van der Waals surface area contributed by atoms with Gasteiger partial charge in [-0.1, -0.05) is 6.07 Å². The van der Waals surface area contributed by atoms with E-state index < -0.39 is 0 Å². The third-order valence-corrected chi connectivity index (χ3v) is 2.55. The lowest BCUT2D eigenvalue weighted by Gasteiger charge is -1.97. The van der Waals surface area contributed by atoms with E-state index in [1.54, 1.807) is 11.3 Å². The van der Waals surface area contributed by atoms with Gasteiger partial charge in [0, 0.05) is 0 Å². The van der Waals surface area contributed by atoms with E-state index in [1.165, 1.54) is 0 Å².